The summed E-state index contributed by atoms with van der Waals surface area (Å²) in [4.78, 5) is 15.9. The van der Waals surface area contributed by atoms with Crippen molar-refractivity contribution < 1.29 is 9.18 Å². The Labute approximate surface area is 146 Å². The number of hydrogen-bond acceptors (Lipinski definition) is 6. The van der Waals surface area contributed by atoms with Gasteiger partial charge in [0.25, 0.3) is 0 Å². The molecule has 0 radical (unpaired) electrons. The van der Waals surface area contributed by atoms with Crippen LogP contribution in [0, 0.1) is 5.82 Å². The van der Waals surface area contributed by atoms with Gasteiger partial charge in [-0.3, -0.25) is 4.79 Å². The van der Waals surface area contributed by atoms with Gasteiger partial charge >= 0.3 is 0 Å². The number of thioether (sulfide) groups is 1. The van der Waals surface area contributed by atoms with Gasteiger partial charge in [0.1, 0.15) is 5.82 Å². The van der Waals surface area contributed by atoms with Crippen molar-refractivity contribution in [2.75, 3.05) is 11.1 Å². The summed E-state index contributed by atoms with van der Waals surface area (Å²) >= 11 is 2.67. The van der Waals surface area contributed by atoms with E-state index in [4.69, 9.17) is 0 Å². The second-order valence-electron chi connectivity index (χ2n) is 4.73. The maximum absolute atomic E-state index is 13.1. The van der Waals surface area contributed by atoms with Gasteiger partial charge in [-0.1, -0.05) is 11.8 Å². The molecule has 6 nitrogen and oxygen atoms in total. The van der Waals surface area contributed by atoms with Gasteiger partial charge in [0.2, 0.25) is 5.91 Å². The van der Waals surface area contributed by atoms with Crippen LogP contribution in [0.15, 0.2) is 41.0 Å². The first-order valence-corrected chi connectivity index (χ1v) is 9.05. The molecule has 3 aromatic rings. The zero-order valence-corrected chi connectivity index (χ0v) is 14.4. The monoisotopic (exact) mass is 363 g/mol. The van der Waals surface area contributed by atoms with Gasteiger partial charge in [0.15, 0.2) is 16.1 Å². The predicted octanol–water partition coefficient (Wildman–Crippen LogP) is 3.29. The molecule has 0 fully saturated rings. The van der Waals surface area contributed by atoms with Crippen LogP contribution in [0.1, 0.15) is 6.92 Å². The molecule has 1 amide bonds. The second kappa shape index (κ2) is 7.54. The first-order valence-electron chi connectivity index (χ1n) is 7.18. The fourth-order valence-corrected chi connectivity index (χ4v) is 3.41. The van der Waals surface area contributed by atoms with E-state index in [1.165, 1.54) is 35.2 Å². The van der Waals surface area contributed by atoms with Gasteiger partial charge in [-0.05, 0) is 31.2 Å². The Morgan fingerprint density at radius 3 is 2.79 bits per heavy atom. The molecule has 0 saturated carbocycles. The lowest BCUT2D eigenvalue weighted by atomic mass is 10.2. The van der Waals surface area contributed by atoms with Crippen LogP contribution in [-0.2, 0) is 11.3 Å². The number of hydrogen-bond donors (Lipinski definition) is 1. The molecule has 2 heterocycles. The fourth-order valence-electron chi connectivity index (χ4n) is 2.06. The lowest BCUT2D eigenvalue weighted by Gasteiger charge is -2.07. The first kappa shape index (κ1) is 16.6. The van der Waals surface area contributed by atoms with Gasteiger partial charge in [-0.25, -0.2) is 9.37 Å². The van der Waals surface area contributed by atoms with E-state index in [9.17, 15) is 9.18 Å². The summed E-state index contributed by atoms with van der Waals surface area (Å²) in [6, 6.07) is 6.10. The molecule has 2 aromatic heterocycles. The Morgan fingerprint density at radius 2 is 2.12 bits per heavy atom. The number of halogens is 1. The van der Waals surface area contributed by atoms with Crippen LogP contribution in [0.4, 0.5) is 9.52 Å². The van der Waals surface area contributed by atoms with E-state index in [0.29, 0.717) is 22.7 Å². The molecule has 0 saturated heterocycles. The van der Waals surface area contributed by atoms with Gasteiger partial charge in [0, 0.05) is 23.7 Å². The van der Waals surface area contributed by atoms with E-state index in [2.05, 4.69) is 20.5 Å². The average Bonchev–Trinajstić information content (AvgIpc) is 3.22. The van der Waals surface area contributed by atoms with Gasteiger partial charge in [-0.2, -0.15) is 0 Å². The van der Waals surface area contributed by atoms with Crippen molar-refractivity contribution in [3.05, 3.63) is 41.7 Å². The minimum absolute atomic E-state index is 0.149. The highest BCUT2D eigenvalue weighted by molar-refractivity contribution is 7.99. The Hall–Kier alpha value is -2.26. The SMILES string of the molecule is CCn1c(SCC(=O)Nc2nccs2)nnc1-c1ccc(F)cc1. The Bertz CT molecular complexity index is 817. The molecule has 0 aliphatic carbocycles. The molecule has 124 valence electrons. The molecule has 0 aliphatic heterocycles. The number of carbonyl (C=O) groups is 1. The zero-order valence-electron chi connectivity index (χ0n) is 12.8. The molecule has 24 heavy (non-hydrogen) atoms. The standard InChI is InChI=1S/C15H14FN5OS2/c1-2-21-13(10-3-5-11(16)6-4-10)19-20-15(21)24-9-12(22)18-14-17-7-8-23-14/h3-8H,2,9H2,1H3,(H,17,18,22). The molecule has 1 aromatic carbocycles. The number of rotatable bonds is 6. The largest absolute Gasteiger partial charge is 0.302 e. The molecule has 0 atom stereocenters. The third kappa shape index (κ3) is 3.80. The van der Waals surface area contributed by atoms with Crippen molar-refractivity contribution >= 4 is 34.1 Å². The normalized spacial score (nSPS) is 10.8. The third-order valence-electron chi connectivity index (χ3n) is 3.15. The highest BCUT2D eigenvalue weighted by Gasteiger charge is 2.15. The number of anilines is 1. The number of thiazole rings is 1. The van der Waals surface area contributed by atoms with Gasteiger partial charge < -0.3 is 9.88 Å². The third-order valence-corrected chi connectivity index (χ3v) is 4.80. The maximum atomic E-state index is 13.1. The molecule has 0 unspecified atom stereocenters. The topological polar surface area (TPSA) is 72.7 Å². The quantitative estimate of drug-likeness (QED) is 0.681. The minimum Gasteiger partial charge on any atom is -0.302 e. The summed E-state index contributed by atoms with van der Waals surface area (Å²) < 4.78 is 15.0. The summed E-state index contributed by atoms with van der Waals surface area (Å²) in [6.07, 6.45) is 1.64. The number of benzene rings is 1. The molecule has 9 heteroatoms. The minimum atomic E-state index is -0.297. The molecular formula is C15H14FN5OS2. The average molecular weight is 363 g/mol. The van der Waals surface area contributed by atoms with E-state index in [0.717, 1.165) is 5.56 Å². The highest BCUT2D eigenvalue weighted by Crippen LogP contribution is 2.24. The molecule has 0 bridgehead atoms. The van der Waals surface area contributed by atoms with E-state index in [1.807, 2.05) is 11.5 Å². The Balaban J connectivity index is 1.70. The van der Waals surface area contributed by atoms with Crippen LogP contribution in [0.5, 0.6) is 0 Å². The number of amides is 1. The first-order chi connectivity index (χ1) is 11.7. The smallest absolute Gasteiger partial charge is 0.236 e. The number of carbonyl (C=O) groups excluding carboxylic acids is 1. The fraction of sp³-hybridized carbons (Fsp3) is 0.200. The molecule has 0 spiro atoms. The molecular weight excluding hydrogens is 349 g/mol. The van der Waals surface area contributed by atoms with Crippen LogP contribution in [0.2, 0.25) is 0 Å². The Kier molecular flexibility index (Phi) is 5.21. The number of nitrogens with zero attached hydrogens (tertiary/aromatic N) is 4. The second-order valence-corrected chi connectivity index (χ2v) is 6.57. The lowest BCUT2D eigenvalue weighted by molar-refractivity contribution is -0.113. The van der Waals surface area contributed by atoms with Gasteiger partial charge in [-0.15, -0.1) is 21.5 Å². The van der Waals surface area contributed by atoms with E-state index >= 15 is 0 Å². The van der Waals surface area contributed by atoms with Crippen molar-refractivity contribution in [2.45, 2.75) is 18.6 Å². The van der Waals surface area contributed by atoms with Crippen LogP contribution >= 0.6 is 23.1 Å². The van der Waals surface area contributed by atoms with Crippen molar-refractivity contribution in [2.24, 2.45) is 0 Å². The van der Waals surface area contributed by atoms with E-state index in [-0.39, 0.29) is 17.5 Å². The summed E-state index contributed by atoms with van der Waals surface area (Å²) in [5.41, 5.74) is 0.782. The summed E-state index contributed by atoms with van der Waals surface area (Å²) in [5.74, 6) is 0.417. The molecule has 1 N–H and O–H groups in total. The van der Waals surface area contributed by atoms with Crippen molar-refractivity contribution in [3.63, 3.8) is 0 Å². The van der Waals surface area contributed by atoms with Crippen molar-refractivity contribution in [1.82, 2.24) is 19.7 Å². The van der Waals surface area contributed by atoms with Crippen LogP contribution in [0.3, 0.4) is 0 Å². The summed E-state index contributed by atoms with van der Waals surface area (Å²) in [6.45, 7) is 2.62. The Morgan fingerprint density at radius 1 is 1.33 bits per heavy atom. The molecule has 0 aliphatic rings. The van der Waals surface area contributed by atoms with Crippen molar-refractivity contribution in [1.29, 1.82) is 0 Å². The van der Waals surface area contributed by atoms with E-state index < -0.39 is 0 Å². The van der Waals surface area contributed by atoms with Crippen LogP contribution in [0.25, 0.3) is 11.4 Å². The highest BCUT2D eigenvalue weighted by atomic mass is 32.2. The van der Waals surface area contributed by atoms with Crippen LogP contribution in [-0.4, -0.2) is 31.4 Å². The van der Waals surface area contributed by atoms with Gasteiger partial charge in [0.05, 0.1) is 5.75 Å². The van der Waals surface area contributed by atoms with E-state index in [1.54, 1.807) is 23.7 Å². The number of nitrogens with one attached hydrogen (secondary N) is 1. The predicted molar refractivity (Wildman–Crippen MR) is 92.6 cm³/mol. The lowest BCUT2D eigenvalue weighted by Crippen LogP contribution is -2.14. The number of aromatic nitrogens is 4. The van der Waals surface area contributed by atoms with Crippen molar-refractivity contribution in [3.8, 4) is 11.4 Å². The molecule has 3 rings (SSSR count). The summed E-state index contributed by atoms with van der Waals surface area (Å²) in [5, 5.41) is 14.1. The summed E-state index contributed by atoms with van der Waals surface area (Å²) in [7, 11) is 0. The maximum Gasteiger partial charge on any atom is 0.236 e. The van der Waals surface area contributed by atoms with Crippen LogP contribution < -0.4 is 5.32 Å². The zero-order chi connectivity index (χ0) is 16.9.